The fourth-order valence-corrected chi connectivity index (χ4v) is 3.07. The molecule has 0 bridgehead atoms. The van der Waals surface area contributed by atoms with Gasteiger partial charge in [0.25, 0.3) is 0 Å². The zero-order valence-electron chi connectivity index (χ0n) is 15.1. The molecule has 0 fully saturated rings. The van der Waals surface area contributed by atoms with Gasteiger partial charge in [-0.1, -0.05) is 0 Å². The van der Waals surface area contributed by atoms with Crippen molar-refractivity contribution in [1.29, 1.82) is 0 Å². The number of nitrogens with one attached hydrogen (secondary N) is 1. The number of fused-ring (bicyclic) bond motifs is 1. The first kappa shape index (κ1) is 18.5. The van der Waals surface area contributed by atoms with Crippen LogP contribution < -0.4 is 14.8 Å². The lowest BCUT2D eigenvalue weighted by molar-refractivity contribution is -0.123. The van der Waals surface area contributed by atoms with Crippen LogP contribution in [0, 0.1) is 0 Å². The molecule has 134 valence electrons. The Labute approximate surface area is 144 Å². The van der Waals surface area contributed by atoms with Crippen molar-refractivity contribution in [2.75, 3.05) is 47.6 Å². The number of methoxy groups -OCH3 is 3. The van der Waals surface area contributed by atoms with Crippen LogP contribution >= 0.6 is 0 Å². The van der Waals surface area contributed by atoms with Crippen molar-refractivity contribution in [2.24, 2.45) is 0 Å². The second-order valence-electron chi connectivity index (χ2n) is 6.18. The van der Waals surface area contributed by atoms with Gasteiger partial charge in [0.1, 0.15) is 0 Å². The molecular weight excluding hydrogens is 308 g/mol. The maximum absolute atomic E-state index is 12.1. The van der Waals surface area contributed by atoms with Crippen LogP contribution in [0.4, 0.5) is 0 Å². The van der Waals surface area contributed by atoms with Crippen LogP contribution in [-0.4, -0.2) is 64.4 Å². The van der Waals surface area contributed by atoms with Gasteiger partial charge >= 0.3 is 0 Å². The number of carbonyl (C=O) groups excluding carboxylic acids is 1. The van der Waals surface area contributed by atoms with E-state index in [4.69, 9.17) is 14.2 Å². The van der Waals surface area contributed by atoms with E-state index in [1.807, 2.05) is 6.92 Å². The highest BCUT2D eigenvalue weighted by molar-refractivity contribution is 5.78. The van der Waals surface area contributed by atoms with Gasteiger partial charge in [-0.3, -0.25) is 9.69 Å². The van der Waals surface area contributed by atoms with E-state index in [2.05, 4.69) is 22.3 Å². The molecule has 0 saturated carbocycles. The summed E-state index contributed by atoms with van der Waals surface area (Å²) in [5.74, 6) is 1.56. The highest BCUT2D eigenvalue weighted by Crippen LogP contribution is 2.32. The standard InChI is InChI=1S/C18H28N2O4/c1-13(12-22-2)19-18(21)11-20-7-5-14-9-16(23-3)17(24-4)10-15(14)6-8-20/h9-10,13H,5-8,11-12H2,1-4H3,(H,19,21)/t13-/m0/s1. The zero-order chi connectivity index (χ0) is 17.5. The van der Waals surface area contributed by atoms with E-state index >= 15 is 0 Å². The minimum absolute atomic E-state index is 0.0280. The molecule has 6 heteroatoms. The maximum Gasteiger partial charge on any atom is 0.234 e. The molecule has 1 atom stereocenters. The van der Waals surface area contributed by atoms with Crippen LogP contribution in [-0.2, 0) is 22.4 Å². The third-order valence-electron chi connectivity index (χ3n) is 4.29. The van der Waals surface area contributed by atoms with E-state index in [0.29, 0.717) is 13.2 Å². The van der Waals surface area contributed by atoms with Gasteiger partial charge < -0.3 is 19.5 Å². The molecule has 1 N–H and O–H groups in total. The van der Waals surface area contributed by atoms with Crippen molar-refractivity contribution in [3.8, 4) is 11.5 Å². The summed E-state index contributed by atoms with van der Waals surface area (Å²) >= 11 is 0. The number of hydrogen-bond donors (Lipinski definition) is 1. The largest absolute Gasteiger partial charge is 0.493 e. The Kier molecular flexibility index (Phi) is 6.87. The smallest absolute Gasteiger partial charge is 0.234 e. The van der Waals surface area contributed by atoms with E-state index in [-0.39, 0.29) is 11.9 Å². The van der Waals surface area contributed by atoms with Gasteiger partial charge in [0.05, 0.1) is 27.4 Å². The predicted molar refractivity (Wildman–Crippen MR) is 92.9 cm³/mol. The fraction of sp³-hybridized carbons (Fsp3) is 0.611. The summed E-state index contributed by atoms with van der Waals surface area (Å²) in [7, 11) is 4.94. The average Bonchev–Trinajstić information content (AvgIpc) is 2.75. The molecule has 1 aromatic rings. The molecule has 6 nitrogen and oxygen atoms in total. The fourth-order valence-electron chi connectivity index (χ4n) is 3.07. The average molecular weight is 336 g/mol. The molecule has 0 spiro atoms. The predicted octanol–water partition coefficient (Wildman–Crippen LogP) is 1.26. The van der Waals surface area contributed by atoms with Crippen molar-refractivity contribution < 1.29 is 19.0 Å². The van der Waals surface area contributed by atoms with E-state index in [0.717, 1.165) is 37.4 Å². The first-order valence-corrected chi connectivity index (χ1v) is 8.31. The number of hydrogen-bond acceptors (Lipinski definition) is 5. The molecule has 0 unspecified atom stereocenters. The molecule has 1 aliphatic heterocycles. The molecule has 0 aromatic heterocycles. The minimum Gasteiger partial charge on any atom is -0.493 e. The second-order valence-corrected chi connectivity index (χ2v) is 6.18. The summed E-state index contributed by atoms with van der Waals surface area (Å²) in [4.78, 5) is 14.3. The summed E-state index contributed by atoms with van der Waals surface area (Å²) in [6.45, 7) is 4.59. The lowest BCUT2D eigenvalue weighted by atomic mass is 10.0. The van der Waals surface area contributed by atoms with Crippen molar-refractivity contribution in [1.82, 2.24) is 10.2 Å². The van der Waals surface area contributed by atoms with Gasteiger partial charge in [-0.2, -0.15) is 0 Å². The van der Waals surface area contributed by atoms with Crippen LogP contribution in [0.3, 0.4) is 0 Å². The molecule has 1 heterocycles. The number of rotatable bonds is 7. The Balaban J connectivity index is 1.96. The third-order valence-corrected chi connectivity index (χ3v) is 4.29. The van der Waals surface area contributed by atoms with E-state index in [9.17, 15) is 4.79 Å². The van der Waals surface area contributed by atoms with Gasteiger partial charge in [0.2, 0.25) is 5.91 Å². The summed E-state index contributed by atoms with van der Waals surface area (Å²) < 4.78 is 15.8. The molecular formula is C18H28N2O4. The number of ether oxygens (including phenoxy) is 3. The van der Waals surface area contributed by atoms with Gasteiger partial charge in [-0.05, 0) is 43.0 Å². The molecule has 1 aliphatic rings. The first-order chi connectivity index (χ1) is 11.6. The maximum atomic E-state index is 12.1. The van der Waals surface area contributed by atoms with Crippen LogP contribution in [0.25, 0.3) is 0 Å². The number of nitrogens with zero attached hydrogens (tertiary/aromatic N) is 1. The second kappa shape index (κ2) is 8.89. The van der Waals surface area contributed by atoms with Crippen molar-refractivity contribution in [3.05, 3.63) is 23.3 Å². The number of carbonyl (C=O) groups is 1. The Bertz CT molecular complexity index is 527. The molecule has 24 heavy (non-hydrogen) atoms. The van der Waals surface area contributed by atoms with E-state index in [1.54, 1.807) is 21.3 Å². The Morgan fingerprint density at radius 1 is 1.12 bits per heavy atom. The highest BCUT2D eigenvalue weighted by atomic mass is 16.5. The molecule has 0 radical (unpaired) electrons. The molecule has 0 saturated heterocycles. The van der Waals surface area contributed by atoms with Crippen molar-refractivity contribution >= 4 is 5.91 Å². The number of benzene rings is 1. The summed E-state index contributed by atoms with van der Waals surface area (Å²) in [6, 6.07) is 4.14. The van der Waals surface area contributed by atoms with E-state index in [1.165, 1.54) is 11.1 Å². The van der Waals surface area contributed by atoms with Crippen LogP contribution in [0.15, 0.2) is 12.1 Å². The monoisotopic (exact) mass is 336 g/mol. The summed E-state index contributed by atoms with van der Waals surface area (Å²) in [5, 5.41) is 2.96. The SMILES string of the molecule is COC[C@H](C)NC(=O)CN1CCc2cc(OC)c(OC)cc2CC1. The third kappa shape index (κ3) is 4.85. The first-order valence-electron chi connectivity index (χ1n) is 8.31. The van der Waals surface area contributed by atoms with Gasteiger partial charge in [0, 0.05) is 26.2 Å². The number of amides is 1. The zero-order valence-corrected chi connectivity index (χ0v) is 15.1. The topological polar surface area (TPSA) is 60.0 Å². The van der Waals surface area contributed by atoms with E-state index < -0.39 is 0 Å². The normalized spacial score (nSPS) is 16.0. The van der Waals surface area contributed by atoms with Crippen molar-refractivity contribution in [3.63, 3.8) is 0 Å². The lowest BCUT2D eigenvalue weighted by Crippen LogP contribution is -2.43. The van der Waals surface area contributed by atoms with Gasteiger partial charge in [0.15, 0.2) is 11.5 Å². The Morgan fingerprint density at radius 3 is 2.12 bits per heavy atom. The Morgan fingerprint density at radius 2 is 1.67 bits per heavy atom. The highest BCUT2D eigenvalue weighted by Gasteiger charge is 2.19. The summed E-state index contributed by atoms with van der Waals surface area (Å²) in [5.41, 5.74) is 2.53. The minimum atomic E-state index is 0.0280. The molecule has 1 aromatic carbocycles. The quantitative estimate of drug-likeness (QED) is 0.812. The summed E-state index contributed by atoms with van der Waals surface area (Å²) in [6.07, 6.45) is 1.80. The van der Waals surface area contributed by atoms with Crippen LogP contribution in [0.2, 0.25) is 0 Å². The van der Waals surface area contributed by atoms with Gasteiger partial charge in [-0.25, -0.2) is 0 Å². The van der Waals surface area contributed by atoms with Crippen LogP contribution in [0.5, 0.6) is 11.5 Å². The molecule has 0 aliphatic carbocycles. The van der Waals surface area contributed by atoms with Gasteiger partial charge in [-0.15, -0.1) is 0 Å². The van der Waals surface area contributed by atoms with Crippen molar-refractivity contribution in [2.45, 2.75) is 25.8 Å². The van der Waals surface area contributed by atoms with Crippen LogP contribution in [0.1, 0.15) is 18.1 Å². The molecule has 1 amide bonds. The lowest BCUT2D eigenvalue weighted by Gasteiger charge is -2.20. The molecule has 2 rings (SSSR count). The Hall–Kier alpha value is -1.79.